The Labute approximate surface area is 123 Å². The molecule has 0 saturated heterocycles. The highest BCUT2D eigenvalue weighted by Gasteiger charge is 2.19. The number of anilines is 1. The molecular weight excluding hydrogens is 304 g/mol. The summed E-state index contributed by atoms with van der Waals surface area (Å²) in [4.78, 5) is 12.0. The van der Waals surface area contributed by atoms with Crippen LogP contribution in [0.2, 0.25) is 5.02 Å². The lowest BCUT2D eigenvalue weighted by molar-refractivity contribution is 0.102. The van der Waals surface area contributed by atoms with E-state index in [0.717, 1.165) is 12.1 Å². The fraction of sp³-hybridized carbons (Fsp3) is 0.0714. The maximum Gasteiger partial charge on any atom is 0.258 e. The monoisotopic (exact) mass is 311 g/mol. The highest BCUT2D eigenvalue weighted by molar-refractivity contribution is 6.34. The maximum absolute atomic E-state index is 13.5. The van der Waals surface area contributed by atoms with Gasteiger partial charge in [0.2, 0.25) is 6.79 Å². The number of benzene rings is 2. The molecule has 1 amide bonds. The zero-order valence-corrected chi connectivity index (χ0v) is 11.2. The highest BCUT2D eigenvalue weighted by Crippen LogP contribution is 2.39. The van der Waals surface area contributed by atoms with E-state index in [1.54, 1.807) is 0 Å². The number of carbonyl (C=O) groups is 1. The predicted octanol–water partition coefficient (Wildman–Crippen LogP) is 3.60. The maximum atomic E-state index is 13.5. The van der Waals surface area contributed by atoms with Gasteiger partial charge in [0.05, 0.1) is 16.3 Å². The SMILES string of the molecule is O=C(Nc1cc2c(cc1Cl)OCO2)c1ccc(F)cc1F. The average Bonchev–Trinajstić information content (AvgIpc) is 2.86. The van der Waals surface area contributed by atoms with Crippen molar-refractivity contribution in [3.8, 4) is 11.5 Å². The summed E-state index contributed by atoms with van der Waals surface area (Å²) in [6.45, 7) is 0.0651. The Hall–Kier alpha value is -2.34. The third-order valence-electron chi connectivity index (χ3n) is 2.89. The number of halogens is 3. The molecule has 0 fully saturated rings. The summed E-state index contributed by atoms with van der Waals surface area (Å²) in [6.07, 6.45) is 0. The van der Waals surface area contributed by atoms with Crippen LogP contribution < -0.4 is 14.8 Å². The molecule has 0 radical (unpaired) electrons. The van der Waals surface area contributed by atoms with Gasteiger partial charge in [-0.1, -0.05) is 11.6 Å². The smallest absolute Gasteiger partial charge is 0.258 e. The zero-order chi connectivity index (χ0) is 15.0. The summed E-state index contributed by atoms with van der Waals surface area (Å²) in [5.74, 6) is -1.57. The van der Waals surface area contributed by atoms with Gasteiger partial charge < -0.3 is 14.8 Å². The van der Waals surface area contributed by atoms with Crippen molar-refractivity contribution in [2.75, 3.05) is 12.1 Å². The second-order valence-corrected chi connectivity index (χ2v) is 4.67. The molecule has 4 nitrogen and oxygen atoms in total. The van der Waals surface area contributed by atoms with Crippen LogP contribution >= 0.6 is 11.6 Å². The highest BCUT2D eigenvalue weighted by atomic mass is 35.5. The number of hydrogen-bond donors (Lipinski definition) is 1. The second-order valence-electron chi connectivity index (χ2n) is 4.26. The molecule has 2 aromatic rings. The Morgan fingerprint density at radius 3 is 2.57 bits per heavy atom. The Bertz CT molecular complexity index is 736. The number of ether oxygens (including phenoxy) is 2. The summed E-state index contributed by atoms with van der Waals surface area (Å²) >= 11 is 6.00. The van der Waals surface area contributed by atoms with E-state index in [0.29, 0.717) is 17.6 Å². The second kappa shape index (κ2) is 5.21. The molecule has 3 rings (SSSR count). The van der Waals surface area contributed by atoms with E-state index < -0.39 is 17.5 Å². The lowest BCUT2D eigenvalue weighted by Crippen LogP contribution is -2.14. The van der Waals surface area contributed by atoms with Gasteiger partial charge in [-0.3, -0.25) is 4.79 Å². The first-order valence-corrected chi connectivity index (χ1v) is 6.28. The normalized spacial score (nSPS) is 12.3. The van der Waals surface area contributed by atoms with E-state index in [1.165, 1.54) is 12.1 Å². The lowest BCUT2D eigenvalue weighted by Gasteiger charge is -2.09. The van der Waals surface area contributed by atoms with E-state index >= 15 is 0 Å². The molecule has 0 atom stereocenters. The molecule has 0 aromatic heterocycles. The Morgan fingerprint density at radius 2 is 1.86 bits per heavy atom. The number of fused-ring (bicyclic) bond motifs is 1. The topological polar surface area (TPSA) is 47.6 Å². The average molecular weight is 312 g/mol. The van der Waals surface area contributed by atoms with Gasteiger partial charge in [0.15, 0.2) is 11.5 Å². The van der Waals surface area contributed by atoms with Gasteiger partial charge >= 0.3 is 0 Å². The molecule has 1 aliphatic rings. The van der Waals surface area contributed by atoms with Crippen molar-refractivity contribution in [3.05, 3.63) is 52.6 Å². The first kappa shape index (κ1) is 13.6. The largest absolute Gasteiger partial charge is 0.454 e. The number of amides is 1. The van der Waals surface area contributed by atoms with Crippen molar-refractivity contribution in [1.82, 2.24) is 0 Å². The van der Waals surface area contributed by atoms with E-state index in [-0.39, 0.29) is 23.1 Å². The van der Waals surface area contributed by atoms with E-state index in [4.69, 9.17) is 21.1 Å². The predicted molar refractivity (Wildman–Crippen MR) is 71.9 cm³/mol. The van der Waals surface area contributed by atoms with E-state index in [1.807, 2.05) is 0 Å². The van der Waals surface area contributed by atoms with Crippen molar-refractivity contribution < 1.29 is 23.0 Å². The van der Waals surface area contributed by atoms with Gasteiger partial charge in [-0.05, 0) is 12.1 Å². The Kier molecular flexibility index (Phi) is 3.39. The molecular formula is C14H8ClF2NO3. The van der Waals surface area contributed by atoms with Gasteiger partial charge in [0.1, 0.15) is 11.6 Å². The van der Waals surface area contributed by atoms with Crippen LogP contribution in [0.3, 0.4) is 0 Å². The fourth-order valence-electron chi connectivity index (χ4n) is 1.88. The molecule has 7 heteroatoms. The number of nitrogens with one attached hydrogen (secondary N) is 1. The van der Waals surface area contributed by atoms with Crippen LogP contribution in [0.1, 0.15) is 10.4 Å². The lowest BCUT2D eigenvalue weighted by atomic mass is 10.2. The Morgan fingerprint density at radius 1 is 1.14 bits per heavy atom. The zero-order valence-electron chi connectivity index (χ0n) is 10.5. The van der Waals surface area contributed by atoms with Gasteiger partial charge in [-0.15, -0.1) is 0 Å². The summed E-state index contributed by atoms with van der Waals surface area (Å²) in [6, 6.07) is 5.65. The van der Waals surface area contributed by atoms with Gasteiger partial charge in [-0.2, -0.15) is 0 Å². The summed E-state index contributed by atoms with van der Waals surface area (Å²) < 4.78 is 36.7. The number of carbonyl (C=O) groups excluding carboxylic acids is 1. The van der Waals surface area contributed by atoms with Crippen LogP contribution in [0.25, 0.3) is 0 Å². The first-order chi connectivity index (χ1) is 10.0. The minimum atomic E-state index is -0.954. The van der Waals surface area contributed by atoms with Crippen molar-refractivity contribution in [2.45, 2.75) is 0 Å². The molecule has 0 unspecified atom stereocenters. The van der Waals surface area contributed by atoms with Crippen LogP contribution in [-0.4, -0.2) is 12.7 Å². The molecule has 21 heavy (non-hydrogen) atoms. The third-order valence-corrected chi connectivity index (χ3v) is 3.20. The summed E-state index contributed by atoms with van der Waals surface area (Å²) in [7, 11) is 0. The van der Waals surface area contributed by atoms with Crippen molar-refractivity contribution in [3.63, 3.8) is 0 Å². The molecule has 0 spiro atoms. The Balaban J connectivity index is 1.88. The van der Waals surface area contributed by atoms with Crippen molar-refractivity contribution in [2.24, 2.45) is 0 Å². The van der Waals surface area contributed by atoms with Gasteiger partial charge in [0, 0.05) is 18.2 Å². The summed E-state index contributed by atoms with van der Waals surface area (Å²) in [5, 5.41) is 2.67. The first-order valence-electron chi connectivity index (χ1n) is 5.90. The quantitative estimate of drug-likeness (QED) is 0.922. The van der Waals surface area contributed by atoms with Crippen LogP contribution in [0.15, 0.2) is 30.3 Å². The molecule has 0 saturated carbocycles. The number of hydrogen-bond acceptors (Lipinski definition) is 3. The summed E-state index contributed by atoms with van der Waals surface area (Å²) in [5.41, 5.74) is -0.0419. The van der Waals surface area contributed by atoms with E-state index in [9.17, 15) is 13.6 Å². The van der Waals surface area contributed by atoms with Crippen LogP contribution in [0, 0.1) is 11.6 Å². The minimum Gasteiger partial charge on any atom is -0.454 e. The van der Waals surface area contributed by atoms with E-state index in [2.05, 4.69) is 5.32 Å². The van der Waals surface area contributed by atoms with Crippen molar-refractivity contribution >= 4 is 23.2 Å². The molecule has 0 aliphatic carbocycles. The number of rotatable bonds is 2. The third kappa shape index (κ3) is 2.62. The van der Waals surface area contributed by atoms with Gasteiger partial charge in [-0.25, -0.2) is 8.78 Å². The molecule has 1 N–H and O–H groups in total. The molecule has 1 heterocycles. The van der Waals surface area contributed by atoms with Crippen LogP contribution in [-0.2, 0) is 0 Å². The van der Waals surface area contributed by atoms with Crippen LogP contribution in [0.5, 0.6) is 11.5 Å². The molecule has 1 aliphatic heterocycles. The van der Waals surface area contributed by atoms with Crippen LogP contribution in [0.4, 0.5) is 14.5 Å². The standard InChI is InChI=1S/C14H8ClF2NO3/c15-9-4-12-13(21-6-20-12)5-11(9)18-14(19)8-2-1-7(16)3-10(8)17/h1-5H,6H2,(H,18,19). The molecule has 2 aromatic carbocycles. The fourth-order valence-corrected chi connectivity index (χ4v) is 2.08. The molecule has 108 valence electrons. The minimum absolute atomic E-state index is 0.0651. The van der Waals surface area contributed by atoms with Gasteiger partial charge in [0.25, 0.3) is 5.91 Å². The molecule has 0 bridgehead atoms. The van der Waals surface area contributed by atoms with Crippen molar-refractivity contribution in [1.29, 1.82) is 0 Å².